The molecule has 0 amide bonds. The first kappa shape index (κ1) is 12.4. The van der Waals surface area contributed by atoms with E-state index in [0.29, 0.717) is 19.6 Å². The molecule has 0 aliphatic carbocycles. The Morgan fingerprint density at radius 1 is 1.28 bits per heavy atom. The van der Waals surface area contributed by atoms with Crippen molar-refractivity contribution in [3.05, 3.63) is 42.7 Å². The summed E-state index contributed by atoms with van der Waals surface area (Å²) in [6, 6.07) is 10.0. The summed E-state index contributed by atoms with van der Waals surface area (Å²) in [4.78, 5) is 11.2. The Labute approximate surface area is 106 Å². The highest BCUT2D eigenvalue weighted by Crippen LogP contribution is 2.17. The normalized spacial score (nSPS) is 10.3. The number of esters is 1. The summed E-state index contributed by atoms with van der Waals surface area (Å²) < 4.78 is 6.64. The molecule has 2 aromatic rings. The highest BCUT2D eigenvalue weighted by molar-refractivity contribution is 5.69. The molecule has 0 aliphatic rings. The van der Waals surface area contributed by atoms with Crippen molar-refractivity contribution in [1.82, 2.24) is 9.78 Å². The molecule has 4 nitrogen and oxygen atoms in total. The zero-order chi connectivity index (χ0) is 12.8. The van der Waals surface area contributed by atoms with Crippen LogP contribution in [0.1, 0.15) is 13.3 Å². The predicted molar refractivity (Wildman–Crippen MR) is 68.9 cm³/mol. The van der Waals surface area contributed by atoms with Crippen molar-refractivity contribution in [3.8, 4) is 11.1 Å². The topological polar surface area (TPSA) is 44.1 Å². The predicted octanol–water partition coefficient (Wildman–Crippen LogP) is 2.50. The lowest BCUT2D eigenvalue weighted by molar-refractivity contribution is -0.143. The first-order valence-electron chi connectivity index (χ1n) is 6.03. The van der Waals surface area contributed by atoms with Gasteiger partial charge in [-0.1, -0.05) is 30.3 Å². The van der Waals surface area contributed by atoms with Gasteiger partial charge >= 0.3 is 5.97 Å². The van der Waals surface area contributed by atoms with Gasteiger partial charge in [-0.05, 0) is 12.5 Å². The van der Waals surface area contributed by atoms with Crippen LogP contribution in [0.2, 0.25) is 0 Å². The first-order valence-corrected chi connectivity index (χ1v) is 6.03. The van der Waals surface area contributed by atoms with Gasteiger partial charge in [0.25, 0.3) is 0 Å². The van der Waals surface area contributed by atoms with E-state index in [1.54, 1.807) is 17.8 Å². The Bertz CT molecular complexity index is 506. The van der Waals surface area contributed by atoms with Gasteiger partial charge in [-0.2, -0.15) is 5.10 Å². The minimum atomic E-state index is -0.186. The van der Waals surface area contributed by atoms with Crippen LogP contribution < -0.4 is 0 Å². The molecule has 94 valence electrons. The smallest absolute Gasteiger partial charge is 0.307 e. The maximum absolute atomic E-state index is 11.2. The van der Waals surface area contributed by atoms with E-state index in [1.807, 2.05) is 36.5 Å². The van der Waals surface area contributed by atoms with E-state index in [4.69, 9.17) is 4.74 Å². The van der Waals surface area contributed by atoms with E-state index in [0.717, 1.165) is 11.1 Å². The van der Waals surface area contributed by atoms with Crippen LogP contribution in [0.15, 0.2) is 42.7 Å². The standard InChI is InChI=1S/C14H16N2O2/c1-2-18-14(17)8-9-16-11-13(10-15-16)12-6-4-3-5-7-12/h3-7,10-11H,2,8-9H2,1H3. The van der Waals surface area contributed by atoms with E-state index in [2.05, 4.69) is 5.10 Å². The third kappa shape index (κ3) is 3.20. The second-order valence-electron chi connectivity index (χ2n) is 3.91. The molecule has 0 aliphatic heterocycles. The maximum Gasteiger partial charge on any atom is 0.307 e. The van der Waals surface area contributed by atoms with Crippen LogP contribution in [0, 0.1) is 0 Å². The summed E-state index contributed by atoms with van der Waals surface area (Å²) in [6.07, 6.45) is 4.10. The number of ether oxygens (including phenoxy) is 1. The van der Waals surface area contributed by atoms with Crippen molar-refractivity contribution in [2.24, 2.45) is 0 Å². The maximum atomic E-state index is 11.2. The molecule has 1 heterocycles. The number of carbonyl (C=O) groups excluding carboxylic acids is 1. The number of aromatic nitrogens is 2. The van der Waals surface area contributed by atoms with Gasteiger partial charge < -0.3 is 4.74 Å². The van der Waals surface area contributed by atoms with Gasteiger partial charge in [-0.25, -0.2) is 0 Å². The summed E-state index contributed by atoms with van der Waals surface area (Å²) in [7, 11) is 0. The minimum Gasteiger partial charge on any atom is -0.466 e. The average Bonchev–Trinajstić information content (AvgIpc) is 2.87. The largest absolute Gasteiger partial charge is 0.466 e. The van der Waals surface area contributed by atoms with Gasteiger partial charge in [-0.15, -0.1) is 0 Å². The van der Waals surface area contributed by atoms with Crippen molar-refractivity contribution in [3.63, 3.8) is 0 Å². The van der Waals surface area contributed by atoms with Gasteiger partial charge in [0.2, 0.25) is 0 Å². The van der Waals surface area contributed by atoms with E-state index < -0.39 is 0 Å². The molecule has 0 spiro atoms. The van der Waals surface area contributed by atoms with E-state index >= 15 is 0 Å². The third-order valence-corrected chi connectivity index (χ3v) is 2.59. The molecule has 0 bridgehead atoms. The van der Waals surface area contributed by atoms with E-state index in [-0.39, 0.29) is 5.97 Å². The quantitative estimate of drug-likeness (QED) is 0.759. The van der Waals surface area contributed by atoms with Gasteiger partial charge in [0.15, 0.2) is 0 Å². The van der Waals surface area contributed by atoms with Gasteiger partial charge in [-0.3, -0.25) is 9.48 Å². The fourth-order valence-corrected chi connectivity index (χ4v) is 1.70. The van der Waals surface area contributed by atoms with E-state index in [1.165, 1.54) is 0 Å². The van der Waals surface area contributed by atoms with Crippen molar-refractivity contribution in [1.29, 1.82) is 0 Å². The van der Waals surface area contributed by atoms with Gasteiger partial charge in [0, 0.05) is 11.8 Å². The summed E-state index contributed by atoms with van der Waals surface area (Å²) >= 11 is 0. The van der Waals surface area contributed by atoms with Crippen molar-refractivity contribution >= 4 is 5.97 Å². The summed E-state index contributed by atoms with van der Waals surface area (Å²) in [5.74, 6) is -0.186. The average molecular weight is 244 g/mol. The number of hydrogen-bond acceptors (Lipinski definition) is 3. The number of aryl methyl sites for hydroxylation is 1. The molecule has 1 aromatic carbocycles. The molecule has 4 heteroatoms. The molecule has 0 radical (unpaired) electrons. The molecule has 0 unspecified atom stereocenters. The molecule has 0 saturated heterocycles. The number of benzene rings is 1. The van der Waals surface area contributed by atoms with Crippen LogP contribution in [0.25, 0.3) is 11.1 Å². The highest BCUT2D eigenvalue weighted by atomic mass is 16.5. The second-order valence-corrected chi connectivity index (χ2v) is 3.91. The number of hydrogen-bond donors (Lipinski definition) is 0. The zero-order valence-corrected chi connectivity index (χ0v) is 10.4. The molecule has 18 heavy (non-hydrogen) atoms. The third-order valence-electron chi connectivity index (χ3n) is 2.59. The summed E-state index contributed by atoms with van der Waals surface area (Å²) in [5, 5.41) is 4.23. The fraction of sp³-hybridized carbons (Fsp3) is 0.286. The highest BCUT2D eigenvalue weighted by Gasteiger charge is 2.04. The molecular weight excluding hydrogens is 228 g/mol. The SMILES string of the molecule is CCOC(=O)CCn1cc(-c2ccccc2)cn1. The Morgan fingerprint density at radius 2 is 2.06 bits per heavy atom. The van der Waals surface area contributed by atoms with Crippen molar-refractivity contribution < 1.29 is 9.53 Å². The van der Waals surface area contributed by atoms with Crippen LogP contribution in [0.3, 0.4) is 0 Å². The molecule has 2 rings (SSSR count). The summed E-state index contributed by atoms with van der Waals surface area (Å²) in [5.41, 5.74) is 2.18. The lowest BCUT2D eigenvalue weighted by Crippen LogP contribution is -2.09. The lowest BCUT2D eigenvalue weighted by Gasteiger charge is -2.01. The van der Waals surface area contributed by atoms with Crippen molar-refractivity contribution in [2.75, 3.05) is 6.61 Å². The van der Waals surface area contributed by atoms with Gasteiger partial charge in [0.1, 0.15) is 0 Å². The Hall–Kier alpha value is -2.10. The molecule has 0 atom stereocenters. The van der Waals surface area contributed by atoms with Crippen LogP contribution in [0.5, 0.6) is 0 Å². The van der Waals surface area contributed by atoms with Crippen LogP contribution in [0.4, 0.5) is 0 Å². The fourth-order valence-electron chi connectivity index (χ4n) is 1.70. The van der Waals surface area contributed by atoms with Gasteiger partial charge in [0.05, 0.1) is 25.8 Å². The van der Waals surface area contributed by atoms with Crippen molar-refractivity contribution in [2.45, 2.75) is 19.9 Å². The molecule has 0 N–H and O–H groups in total. The Balaban J connectivity index is 1.97. The van der Waals surface area contributed by atoms with Crippen LogP contribution >= 0.6 is 0 Å². The second kappa shape index (κ2) is 6.00. The van der Waals surface area contributed by atoms with Crippen LogP contribution in [-0.4, -0.2) is 22.4 Å². The minimum absolute atomic E-state index is 0.186. The Morgan fingerprint density at radius 3 is 2.78 bits per heavy atom. The molecule has 0 fully saturated rings. The lowest BCUT2D eigenvalue weighted by atomic mass is 10.1. The Kier molecular flexibility index (Phi) is 4.12. The zero-order valence-electron chi connectivity index (χ0n) is 10.4. The van der Waals surface area contributed by atoms with E-state index in [9.17, 15) is 4.79 Å². The number of carbonyl (C=O) groups is 1. The molecule has 1 aromatic heterocycles. The number of nitrogens with zero attached hydrogens (tertiary/aromatic N) is 2. The molecule has 0 saturated carbocycles. The summed E-state index contributed by atoms with van der Waals surface area (Å²) in [6.45, 7) is 2.78. The number of rotatable bonds is 5. The first-order chi connectivity index (χ1) is 8.79. The monoisotopic (exact) mass is 244 g/mol. The van der Waals surface area contributed by atoms with Crippen LogP contribution in [-0.2, 0) is 16.1 Å². The molecular formula is C14H16N2O2.